The van der Waals surface area contributed by atoms with Crippen LogP contribution in [0.5, 0.6) is 0 Å². The number of nitrogens with zero attached hydrogens (tertiary/aromatic N) is 1. The maximum atomic E-state index is 11.5. The van der Waals surface area contributed by atoms with E-state index in [0.717, 1.165) is 0 Å². The van der Waals surface area contributed by atoms with Crippen molar-refractivity contribution in [1.82, 2.24) is 4.98 Å². The first-order valence-electron chi connectivity index (χ1n) is 4.61. The van der Waals surface area contributed by atoms with Crippen molar-refractivity contribution in [1.29, 1.82) is 0 Å². The Kier molecular flexibility index (Phi) is 2.33. The molecule has 1 heterocycles. The summed E-state index contributed by atoms with van der Waals surface area (Å²) in [6, 6.07) is 1.67. The molecule has 0 radical (unpaired) electrons. The monoisotopic (exact) mass is 203 g/mol. The van der Waals surface area contributed by atoms with E-state index < -0.39 is 11.6 Å². The van der Waals surface area contributed by atoms with E-state index in [1.165, 1.54) is 12.3 Å². The third-order valence-electron chi connectivity index (χ3n) is 2.12. The van der Waals surface area contributed by atoms with Crippen LogP contribution in [0.1, 0.15) is 22.8 Å². The van der Waals surface area contributed by atoms with Gasteiger partial charge in [0.2, 0.25) is 11.6 Å². The Labute approximate surface area is 86.6 Å². The van der Waals surface area contributed by atoms with E-state index in [4.69, 9.17) is 4.74 Å². The normalized spacial score (nSPS) is 14.6. The van der Waals surface area contributed by atoms with Crippen LogP contribution in [-0.4, -0.2) is 23.2 Å². The van der Waals surface area contributed by atoms with E-state index in [1.807, 2.05) is 6.92 Å². The predicted molar refractivity (Wildman–Crippen MR) is 53.2 cm³/mol. The lowest BCUT2D eigenvalue weighted by molar-refractivity contribution is -0.111. The van der Waals surface area contributed by atoms with Gasteiger partial charge in [-0.05, 0) is 13.0 Å². The van der Waals surface area contributed by atoms with Gasteiger partial charge in [-0.15, -0.1) is 0 Å². The maximum Gasteiger partial charge on any atom is 0.235 e. The lowest BCUT2D eigenvalue weighted by atomic mass is 9.96. The molecule has 0 N–H and O–H groups in total. The Hall–Kier alpha value is -1.97. The number of pyridine rings is 1. The van der Waals surface area contributed by atoms with E-state index in [-0.39, 0.29) is 0 Å². The molecule has 2 rings (SSSR count). The molecule has 0 aliphatic heterocycles. The summed E-state index contributed by atoms with van der Waals surface area (Å²) in [4.78, 5) is 26.6. The Morgan fingerprint density at radius 1 is 1.33 bits per heavy atom. The number of carbonyl (C=O) groups is 2. The number of fused-ring (bicyclic) bond motifs is 1. The average molecular weight is 203 g/mol. The summed E-state index contributed by atoms with van der Waals surface area (Å²) in [5, 5.41) is 0. The molecule has 0 saturated heterocycles. The van der Waals surface area contributed by atoms with Crippen molar-refractivity contribution in [2.75, 3.05) is 6.61 Å². The van der Waals surface area contributed by atoms with Gasteiger partial charge in [0.25, 0.3) is 0 Å². The Morgan fingerprint density at radius 2 is 2.13 bits per heavy atom. The van der Waals surface area contributed by atoms with Crippen molar-refractivity contribution in [3.63, 3.8) is 0 Å². The van der Waals surface area contributed by atoms with Gasteiger partial charge in [-0.2, -0.15) is 0 Å². The second-order valence-electron chi connectivity index (χ2n) is 3.06. The molecule has 1 aromatic rings. The van der Waals surface area contributed by atoms with E-state index in [2.05, 4.69) is 4.98 Å². The Balaban J connectivity index is 2.55. The summed E-state index contributed by atoms with van der Waals surface area (Å²) in [7, 11) is 0. The highest BCUT2D eigenvalue weighted by Crippen LogP contribution is 2.24. The molecule has 0 saturated carbocycles. The first-order chi connectivity index (χ1) is 7.24. The van der Waals surface area contributed by atoms with E-state index in [1.54, 1.807) is 12.3 Å². The molecule has 0 unspecified atom stereocenters. The minimum absolute atomic E-state index is 0.313. The summed E-state index contributed by atoms with van der Waals surface area (Å²) in [6.07, 6.45) is 4.19. The van der Waals surface area contributed by atoms with Gasteiger partial charge in [0.05, 0.1) is 12.2 Å². The first-order valence-corrected chi connectivity index (χ1v) is 4.61. The SMILES string of the molecule is CCOC1=CC(=O)C(=O)c2cnccc21. The van der Waals surface area contributed by atoms with Gasteiger partial charge in [0.15, 0.2) is 0 Å². The minimum atomic E-state index is -0.557. The highest BCUT2D eigenvalue weighted by Gasteiger charge is 2.26. The molecule has 1 aromatic heterocycles. The minimum Gasteiger partial charge on any atom is -0.493 e. The number of carbonyl (C=O) groups excluding carboxylic acids is 2. The first kappa shape index (κ1) is 9.58. The van der Waals surface area contributed by atoms with Gasteiger partial charge in [0, 0.05) is 24.0 Å². The highest BCUT2D eigenvalue weighted by atomic mass is 16.5. The van der Waals surface area contributed by atoms with Crippen LogP contribution in [0.15, 0.2) is 24.5 Å². The predicted octanol–water partition coefficient (Wildman–Crippen LogP) is 1.22. The van der Waals surface area contributed by atoms with E-state index in [0.29, 0.717) is 23.5 Å². The van der Waals surface area contributed by atoms with Gasteiger partial charge in [-0.3, -0.25) is 14.6 Å². The Bertz CT molecular complexity index is 463. The average Bonchev–Trinajstić information content (AvgIpc) is 2.26. The second kappa shape index (κ2) is 3.65. The third-order valence-corrected chi connectivity index (χ3v) is 2.12. The third kappa shape index (κ3) is 1.54. The van der Waals surface area contributed by atoms with Gasteiger partial charge in [0.1, 0.15) is 5.76 Å². The summed E-state index contributed by atoms with van der Waals surface area (Å²) in [5.74, 6) is -0.639. The number of hydrogen-bond donors (Lipinski definition) is 0. The Morgan fingerprint density at radius 3 is 2.87 bits per heavy atom. The summed E-state index contributed by atoms with van der Waals surface area (Å²) < 4.78 is 5.29. The molecule has 0 spiro atoms. The molecule has 0 aromatic carbocycles. The van der Waals surface area contributed by atoms with Gasteiger partial charge in [-0.1, -0.05) is 0 Å². The van der Waals surface area contributed by atoms with Crippen molar-refractivity contribution >= 4 is 17.3 Å². The highest BCUT2D eigenvalue weighted by molar-refractivity contribution is 6.50. The van der Waals surface area contributed by atoms with Crippen molar-refractivity contribution in [3.8, 4) is 0 Å². The maximum absolute atomic E-state index is 11.5. The van der Waals surface area contributed by atoms with Crippen LogP contribution >= 0.6 is 0 Å². The molecule has 0 fully saturated rings. The summed E-state index contributed by atoms with van der Waals surface area (Å²) >= 11 is 0. The van der Waals surface area contributed by atoms with Crippen molar-refractivity contribution in [2.24, 2.45) is 0 Å². The molecule has 0 atom stereocenters. The summed E-state index contributed by atoms with van der Waals surface area (Å²) in [6.45, 7) is 2.28. The van der Waals surface area contributed by atoms with E-state index >= 15 is 0 Å². The quantitative estimate of drug-likeness (QED) is 0.678. The molecule has 0 bridgehead atoms. The zero-order chi connectivity index (χ0) is 10.8. The van der Waals surface area contributed by atoms with Crippen LogP contribution in [0, 0.1) is 0 Å². The number of aromatic nitrogens is 1. The van der Waals surface area contributed by atoms with Crippen molar-refractivity contribution in [3.05, 3.63) is 35.7 Å². The lowest BCUT2D eigenvalue weighted by Crippen LogP contribution is -2.19. The molecule has 0 amide bonds. The number of ketones is 2. The largest absolute Gasteiger partial charge is 0.493 e. The van der Waals surface area contributed by atoms with Crippen LogP contribution < -0.4 is 0 Å². The standard InChI is InChI=1S/C11H9NO3/c1-2-15-10-5-9(13)11(14)8-6-12-4-3-7(8)10/h3-6H,2H2,1H3. The molecule has 1 aliphatic rings. The molecule has 76 valence electrons. The zero-order valence-electron chi connectivity index (χ0n) is 8.19. The second-order valence-corrected chi connectivity index (χ2v) is 3.06. The molecular formula is C11H9NO3. The summed E-state index contributed by atoms with van der Waals surface area (Å²) in [5.41, 5.74) is 0.949. The molecular weight excluding hydrogens is 194 g/mol. The number of Topliss-reactive ketones (excluding diaryl/α,β-unsaturated/α-hetero) is 1. The van der Waals surface area contributed by atoms with Crippen molar-refractivity contribution in [2.45, 2.75) is 6.92 Å². The van der Waals surface area contributed by atoms with Crippen LogP contribution in [0.25, 0.3) is 5.76 Å². The number of allylic oxidation sites excluding steroid dienone is 1. The van der Waals surface area contributed by atoms with Crippen LogP contribution in [0.4, 0.5) is 0 Å². The molecule has 4 nitrogen and oxygen atoms in total. The van der Waals surface area contributed by atoms with Gasteiger partial charge >= 0.3 is 0 Å². The smallest absolute Gasteiger partial charge is 0.235 e. The van der Waals surface area contributed by atoms with Gasteiger partial charge < -0.3 is 4.74 Å². The zero-order valence-corrected chi connectivity index (χ0v) is 8.19. The van der Waals surface area contributed by atoms with Crippen LogP contribution in [0.2, 0.25) is 0 Å². The fraction of sp³-hybridized carbons (Fsp3) is 0.182. The van der Waals surface area contributed by atoms with Gasteiger partial charge in [-0.25, -0.2) is 0 Å². The number of rotatable bonds is 2. The number of hydrogen-bond acceptors (Lipinski definition) is 4. The lowest BCUT2D eigenvalue weighted by Gasteiger charge is -2.15. The fourth-order valence-electron chi connectivity index (χ4n) is 1.46. The molecule has 15 heavy (non-hydrogen) atoms. The topological polar surface area (TPSA) is 56.3 Å². The molecule has 1 aliphatic carbocycles. The van der Waals surface area contributed by atoms with Crippen molar-refractivity contribution < 1.29 is 14.3 Å². The van der Waals surface area contributed by atoms with Crippen LogP contribution in [0.3, 0.4) is 0 Å². The fourth-order valence-corrected chi connectivity index (χ4v) is 1.46. The van der Waals surface area contributed by atoms with E-state index in [9.17, 15) is 9.59 Å². The molecule has 4 heteroatoms. The number of ether oxygens (including phenoxy) is 1. The van der Waals surface area contributed by atoms with Crippen LogP contribution in [-0.2, 0) is 9.53 Å².